The Morgan fingerprint density at radius 2 is 0.949 bits per heavy atom. The van der Waals surface area contributed by atoms with Crippen LogP contribution in [0.5, 0.6) is 0 Å². The quantitative estimate of drug-likeness (QED) is 0.237. The van der Waals surface area contributed by atoms with Gasteiger partial charge in [0.15, 0.2) is 0 Å². The van der Waals surface area contributed by atoms with Gasteiger partial charge in [0.25, 0.3) is 0 Å². The van der Waals surface area contributed by atoms with Crippen LogP contribution in [0.2, 0.25) is 0 Å². The number of pyridine rings is 1. The first-order chi connectivity index (χ1) is 19.3. The first-order valence-electron chi connectivity index (χ1n) is 13.3. The number of hydrogen-bond acceptors (Lipinski definition) is 1. The van der Waals surface area contributed by atoms with Crippen LogP contribution >= 0.6 is 0 Å². The van der Waals surface area contributed by atoms with Crippen molar-refractivity contribution in [1.29, 1.82) is 0 Å². The lowest BCUT2D eigenvalue weighted by atomic mass is 10.0. The average molecular weight is 500 g/mol. The Morgan fingerprint density at radius 3 is 1.44 bits per heavy atom. The molecule has 3 aromatic heterocycles. The van der Waals surface area contributed by atoms with Gasteiger partial charge < -0.3 is 9.13 Å². The monoisotopic (exact) mass is 499 g/mol. The highest BCUT2D eigenvalue weighted by Crippen LogP contribution is 2.39. The largest absolute Gasteiger partial charge is 0.309 e. The van der Waals surface area contributed by atoms with Crippen molar-refractivity contribution in [3.8, 4) is 22.6 Å². The van der Waals surface area contributed by atoms with Gasteiger partial charge in [-0.15, -0.1) is 0 Å². The molecule has 0 spiro atoms. The van der Waals surface area contributed by atoms with Gasteiger partial charge in [-0.1, -0.05) is 78.9 Å². The van der Waals surface area contributed by atoms with Gasteiger partial charge in [0, 0.05) is 39.0 Å². The van der Waals surface area contributed by atoms with Crippen LogP contribution in [0.4, 0.5) is 0 Å². The molecule has 8 aromatic rings. The molecule has 0 aliphatic carbocycles. The van der Waals surface area contributed by atoms with Gasteiger partial charge in [-0.05, 0) is 61.0 Å². The van der Waals surface area contributed by atoms with Crippen molar-refractivity contribution >= 4 is 43.6 Å². The summed E-state index contributed by atoms with van der Waals surface area (Å²) in [7, 11) is 0. The molecule has 0 unspecified atom stereocenters. The van der Waals surface area contributed by atoms with E-state index in [0.717, 1.165) is 22.6 Å². The van der Waals surface area contributed by atoms with Crippen LogP contribution in [0.25, 0.3) is 66.2 Å². The number of nitrogens with zero attached hydrogens (tertiary/aromatic N) is 3. The number of benzene rings is 5. The molecule has 39 heavy (non-hydrogen) atoms. The normalized spacial score (nSPS) is 11.7. The molecule has 184 valence electrons. The van der Waals surface area contributed by atoms with E-state index in [4.69, 9.17) is 4.98 Å². The zero-order valence-electron chi connectivity index (χ0n) is 21.5. The molecule has 0 N–H and O–H groups in total. The van der Waals surface area contributed by atoms with Gasteiger partial charge >= 0.3 is 0 Å². The molecule has 0 saturated carbocycles. The summed E-state index contributed by atoms with van der Waals surface area (Å²) in [6, 6.07) is 45.6. The molecular formula is C36H25N3. The summed E-state index contributed by atoms with van der Waals surface area (Å²) in [5.41, 5.74) is 10.4. The van der Waals surface area contributed by atoms with Crippen LogP contribution in [0.15, 0.2) is 134 Å². The van der Waals surface area contributed by atoms with Crippen LogP contribution in [0.1, 0.15) is 5.56 Å². The Balaban J connectivity index is 1.54. The van der Waals surface area contributed by atoms with Gasteiger partial charge in [0.05, 0.1) is 33.4 Å². The van der Waals surface area contributed by atoms with Crippen LogP contribution < -0.4 is 0 Å². The molecule has 0 radical (unpaired) electrons. The van der Waals surface area contributed by atoms with Gasteiger partial charge in [-0.3, -0.25) is 4.98 Å². The van der Waals surface area contributed by atoms with Gasteiger partial charge in [0.2, 0.25) is 0 Å². The van der Waals surface area contributed by atoms with E-state index in [1.165, 1.54) is 49.2 Å². The molecule has 0 atom stereocenters. The van der Waals surface area contributed by atoms with Crippen LogP contribution in [0, 0.1) is 6.92 Å². The highest BCUT2D eigenvalue weighted by molar-refractivity contribution is 6.10. The maximum atomic E-state index is 4.79. The third kappa shape index (κ3) is 3.20. The molecule has 0 bridgehead atoms. The second kappa shape index (κ2) is 8.44. The van der Waals surface area contributed by atoms with E-state index in [0.29, 0.717) is 0 Å². The number of hydrogen-bond donors (Lipinski definition) is 0. The molecular weight excluding hydrogens is 474 g/mol. The molecule has 0 fully saturated rings. The number of aromatic nitrogens is 3. The fourth-order valence-corrected chi connectivity index (χ4v) is 6.22. The first-order valence-corrected chi connectivity index (χ1v) is 13.3. The Bertz CT molecular complexity index is 2070. The second-order valence-corrected chi connectivity index (χ2v) is 10.1. The minimum Gasteiger partial charge on any atom is -0.309 e. The molecule has 5 aromatic carbocycles. The van der Waals surface area contributed by atoms with E-state index in [-0.39, 0.29) is 0 Å². The van der Waals surface area contributed by atoms with Crippen LogP contribution in [-0.4, -0.2) is 14.1 Å². The highest BCUT2D eigenvalue weighted by atomic mass is 15.0. The summed E-state index contributed by atoms with van der Waals surface area (Å²) in [5, 5.41) is 5.03. The van der Waals surface area contributed by atoms with Gasteiger partial charge in [0.1, 0.15) is 0 Å². The first kappa shape index (κ1) is 21.9. The van der Waals surface area contributed by atoms with Gasteiger partial charge in [-0.2, -0.15) is 0 Å². The fraction of sp³-hybridized carbons (Fsp3) is 0.0278. The standard InChI is InChI=1S/C36H25N3/c1-24-30(31-16-10-11-21-37-31)22-25(38-32-17-6-2-12-26(32)27-13-3-7-18-33(27)38)23-36(24)39-34-19-8-4-14-28(34)29-15-5-9-20-35(29)39/h2-23H,1H3. The second-order valence-electron chi connectivity index (χ2n) is 10.1. The summed E-state index contributed by atoms with van der Waals surface area (Å²) in [4.78, 5) is 4.79. The molecule has 0 aliphatic heterocycles. The lowest BCUT2D eigenvalue weighted by Gasteiger charge is -2.19. The molecule has 0 amide bonds. The van der Waals surface area contributed by atoms with Crippen molar-refractivity contribution in [2.75, 3.05) is 0 Å². The van der Waals surface area contributed by atoms with Crippen molar-refractivity contribution in [3.05, 3.63) is 139 Å². The lowest BCUT2D eigenvalue weighted by molar-refractivity contribution is 1.11. The molecule has 8 rings (SSSR count). The Labute approximate surface area is 226 Å². The van der Waals surface area contributed by atoms with Crippen molar-refractivity contribution in [2.24, 2.45) is 0 Å². The van der Waals surface area contributed by atoms with E-state index in [9.17, 15) is 0 Å². The predicted octanol–water partition coefficient (Wildman–Crippen LogP) is 9.25. The zero-order valence-corrected chi connectivity index (χ0v) is 21.5. The average Bonchev–Trinajstić information content (AvgIpc) is 3.51. The number of para-hydroxylation sites is 4. The van der Waals surface area contributed by atoms with Crippen LogP contribution in [-0.2, 0) is 0 Å². The van der Waals surface area contributed by atoms with Crippen molar-refractivity contribution in [3.63, 3.8) is 0 Å². The Morgan fingerprint density at radius 1 is 0.487 bits per heavy atom. The number of rotatable bonds is 3. The van der Waals surface area contributed by atoms with E-state index < -0.39 is 0 Å². The topological polar surface area (TPSA) is 22.8 Å². The SMILES string of the molecule is Cc1c(-c2ccccn2)cc(-n2c3ccccc3c3ccccc32)cc1-n1c2ccccc2c2ccccc21. The molecule has 0 aliphatic rings. The van der Waals surface area contributed by atoms with Crippen molar-refractivity contribution < 1.29 is 0 Å². The minimum absolute atomic E-state index is 0.972. The molecule has 0 saturated heterocycles. The Hall–Kier alpha value is -5.15. The summed E-state index contributed by atoms with van der Waals surface area (Å²) < 4.78 is 4.82. The Kier molecular flexibility index (Phi) is 4.74. The summed E-state index contributed by atoms with van der Waals surface area (Å²) in [6.45, 7) is 2.22. The van der Waals surface area contributed by atoms with Crippen molar-refractivity contribution in [2.45, 2.75) is 6.92 Å². The van der Waals surface area contributed by atoms with Crippen molar-refractivity contribution in [1.82, 2.24) is 14.1 Å². The lowest BCUT2D eigenvalue weighted by Crippen LogP contribution is -2.03. The fourth-order valence-electron chi connectivity index (χ4n) is 6.22. The zero-order chi connectivity index (χ0) is 25.9. The molecule has 3 heterocycles. The highest BCUT2D eigenvalue weighted by Gasteiger charge is 2.19. The third-order valence-corrected chi connectivity index (χ3v) is 7.97. The van der Waals surface area contributed by atoms with Gasteiger partial charge in [-0.25, -0.2) is 0 Å². The van der Waals surface area contributed by atoms with E-state index in [1.54, 1.807) is 0 Å². The third-order valence-electron chi connectivity index (χ3n) is 7.97. The summed E-state index contributed by atoms with van der Waals surface area (Å²) in [5.74, 6) is 0. The molecule has 3 nitrogen and oxygen atoms in total. The summed E-state index contributed by atoms with van der Waals surface area (Å²) >= 11 is 0. The minimum atomic E-state index is 0.972. The predicted molar refractivity (Wildman–Crippen MR) is 163 cm³/mol. The maximum absolute atomic E-state index is 4.79. The van der Waals surface area contributed by atoms with E-state index in [1.807, 2.05) is 12.3 Å². The smallest absolute Gasteiger partial charge is 0.0706 e. The van der Waals surface area contributed by atoms with E-state index >= 15 is 0 Å². The maximum Gasteiger partial charge on any atom is 0.0706 e. The number of fused-ring (bicyclic) bond motifs is 6. The molecule has 3 heteroatoms. The van der Waals surface area contributed by atoms with E-state index in [2.05, 4.69) is 137 Å². The summed E-state index contributed by atoms with van der Waals surface area (Å²) in [6.07, 6.45) is 1.88. The van der Waals surface area contributed by atoms with Crippen LogP contribution in [0.3, 0.4) is 0 Å².